The molecular weight excluding hydrogens is 208 g/mol. The van der Waals surface area contributed by atoms with Crippen molar-refractivity contribution in [2.75, 3.05) is 12.0 Å². The molecule has 2 atom stereocenters. The molecule has 0 fully saturated rings. The molecule has 0 spiro atoms. The van der Waals surface area contributed by atoms with Gasteiger partial charge in [0.1, 0.15) is 0 Å². The van der Waals surface area contributed by atoms with E-state index in [4.69, 9.17) is 5.73 Å². The van der Waals surface area contributed by atoms with Gasteiger partial charge in [0, 0.05) is 24.3 Å². The second-order valence-corrected chi connectivity index (χ2v) is 4.91. The predicted molar refractivity (Wildman–Crippen MR) is 68.1 cm³/mol. The van der Waals surface area contributed by atoms with Crippen LogP contribution in [0.1, 0.15) is 39.5 Å². The highest BCUT2D eigenvalue weighted by molar-refractivity contribution is 7.98. The van der Waals surface area contributed by atoms with E-state index in [9.17, 15) is 4.79 Å². The lowest BCUT2D eigenvalue weighted by atomic mass is 10.1. The molecule has 0 saturated heterocycles. The number of nitrogens with two attached hydrogens (primary N) is 1. The Balaban J connectivity index is 3.61. The molecule has 90 valence electrons. The number of nitrogens with one attached hydrogen (secondary N) is 1. The third-order valence-corrected chi connectivity index (χ3v) is 3.02. The second kappa shape index (κ2) is 9.04. The van der Waals surface area contributed by atoms with E-state index in [1.165, 1.54) is 0 Å². The average molecular weight is 232 g/mol. The number of hydrogen-bond acceptors (Lipinski definition) is 3. The standard InChI is InChI=1S/C11H24N2OS/c1-4-10(8-15-3)13-11(14)7-5-6-9(2)12/h9-10H,4-8,12H2,1-3H3,(H,13,14). The lowest BCUT2D eigenvalue weighted by Crippen LogP contribution is -2.36. The van der Waals surface area contributed by atoms with Gasteiger partial charge in [-0.15, -0.1) is 0 Å². The smallest absolute Gasteiger partial charge is 0.220 e. The zero-order valence-corrected chi connectivity index (χ0v) is 10.9. The van der Waals surface area contributed by atoms with Gasteiger partial charge in [-0.2, -0.15) is 11.8 Å². The first-order valence-corrected chi connectivity index (χ1v) is 7.03. The number of hydrogen-bond donors (Lipinski definition) is 2. The van der Waals surface area contributed by atoms with Gasteiger partial charge in [0.25, 0.3) is 0 Å². The van der Waals surface area contributed by atoms with Crippen LogP contribution in [0.25, 0.3) is 0 Å². The quantitative estimate of drug-likeness (QED) is 0.670. The predicted octanol–water partition coefficient (Wildman–Crippen LogP) is 1.76. The van der Waals surface area contributed by atoms with Crippen molar-refractivity contribution in [1.82, 2.24) is 5.32 Å². The third-order valence-electron chi connectivity index (χ3n) is 2.29. The number of carbonyl (C=O) groups excluding carboxylic acids is 1. The molecular formula is C11H24N2OS. The van der Waals surface area contributed by atoms with Crippen molar-refractivity contribution >= 4 is 17.7 Å². The summed E-state index contributed by atoms with van der Waals surface area (Å²) in [5.74, 6) is 1.16. The molecule has 0 aliphatic heterocycles. The zero-order valence-electron chi connectivity index (χ0n) is 10.1. The average Bonchev–Trinajstić information content (AvgIpc) is 2.16. The highest BCUT2D eigenvalue weighted by Gasteiger charge is 2.09. The van der Waals surface area contributed by atoms with Gasteiger partial charge in [-0.25, -0.2) is 0 Å². The van der Waals surface area contributed by atoms with E-state index in [0.29, 0.717) is 12.5 Å². The normalized spacial score (nSPS) is 14.7. The molecule has 0 heterocycles. The SMILES string of the molecule is CCC(CSC)NC(=O)CCCC(C)N. The molecule has 0 aromatic carbocycles. The molecule has 0 aromatic rings. The van der Waals surface area contributed by atoms with Crippen molar-refractivity contribution in [2.45, 2.75) is 51.6 Å². The first-order chi connectivity index (χ1) is 7.10. The van der Waals surface area contributed by atoms with E-state index in [2.05, 4.69) is 18.5 Å². The van der Waals surface area contributed by atoms with Gasteiger partial charge in [0.15, 0.2) is 0 Å². The van der Waals surface area contributed by atoms with E-state index < -0.39 is 0 Å². The number of rotatable bonds is 8. The molecule has 0 aliphatic carbocycles. The van der Waals surface area contributed by atoms with Crippen LogP contribution in [0.3, 0.4) is 0 Å². The minimum atomic E-state index is 0.163. The van der Waals surface area contributed by atoms with Crippen LogP contribution < -0.4 is 11.1 Å². The van der Waals surface area contributed by atoms with E-state index >= 15 is 0 Å². The number of thioether (sulfide) groups is 1. The van der Waals surface area contributed by atoms with E-state index in [-0.39, 0.29) is 11.9 Å². The Morgan fingerprint density at radius 1 is 1.53 bits per heavy atom. The molecule has 3 nitrogen and oxygen atoms in total. The summed E-state index contributed by atoms with van der Waals surface area (Å²) in [6.07, 6.45) is 5.48. The fraction of sp³-hybridized carbons (Fsp3) is 0.909. The van der Waals surface area contributed by atoms with E-state index in [1.54, 1.807) is 11.8 Å². The molecule has 0 radical (unpaired) electrons. The zero-order chi connectivity index (χ0) is 11.7. The monoisotopic (exact) mass is 232 g/mol. The molecule has 0 aromatic heterocycles. The Bertz CT molecular complexity index is 174. The van der Waals surface area contributed by atoms with Crippen molar-refractivity contribution in [1.29, 1.82) is 0 Å². The summed E-state index contributed by atoms with van der Waals surface area (Å²) < 4.78 is 0. The van der Waals surface area contributed by atoms with Crippen LogP contribution in [0.15, 0.2) is 0 Å². The Hall–Kier alpha value is -0.220. The Morgan fingerprint density at radius 3 is 2.67 bits per heavy atom. The van der Waals surface area contributed by atoms with E-state index in [0.717, 1.165) is 25.0 Å². The topological polar surface area (TPSA) is 55.1 Å². The van der Waals surface area contributed by atoms with Gasteiger partial charge in [0.05, 0.1) is 0 Å². The van der Waals surface area contributed by atoms with Gasteiger partial charge in [-0.1, -0.05) is 6.92 Å². The van der Waals surface area contributed by atoms with Gasteiger partial charge in [-0.3, -0.25) is 4.79 Å². The highest BCUT2D eigenvalue weighted by Crippen LogP contribution is 2.03. The molecule has 0 saturated carbocycles. The van der Waals surface area contributed by atoms with Crippen LogP contribution in [-0.2, 0) is 4.79 Å². The van der Waals surface area contributed by atoms with Crippen molar-refractivity contribution in [3.63, 3.8) is 0 Å². The maximum atomic E-state index is 11.5. The van der Waals surface area contributed by atoms with Gasteiger partial charge in [0.2, 0.25) is 5.91 Å². The molecule has 15 heavy (non-hydrogen) atoms. The fourth-order valence-corrected chi connectivity index (χ4v) is 2.07. The van der Waals surface area contributed by atoms with Crippen molar-refractivity contribution in [3.8, 4) is 0 Å². The maximum Gasteiger partial charge on any atom is 0.220 e. The molecule has 0 rings (SSSR count). The molecule has 1 amide bonds. The number of carbonyl (C=O) groups is 1. The van der Waals surface area contributed by atoms with Crippen LogP contribution >= 0.6 is 11.8 Å². The first kappa shape index (κ1) is 14.8. The van der Waals surface area contributed by atoms with Gasteiger partial charge < -0.3 is 11.1 Å². The minimum absolute atomic E-state index is 0.163. The Morgan fingerprint density at radius 2 is 2.20 bits per heavy atom. The molecule has 3 N–H and O–H groups in total. The summed E-state index contributed by atoms with van der Waals surface area (Å²) >= 11 is 1.77. The van der Waals surface area contributed by atoms with Crippen molar-refractivity contribution in [3.05, 3.63) is 0 Å². The third kappa shape index (κ3) is 8.75. The van der Waals surface area contributed by atoms with Crippen molar-refractivity contribution < 1.29 is 4.79 Å². The molecule has 2 unspecified atom stereocenters. The summed E-state index contributed by atoms with van der Waals surface area (Å²) in [7, 11) is 0. The largest absolute Gasteiger partial charge is 0.353 e. The lowest BCUT2D eigenvalue weighted by Gasteiger charge is -2.15. The van der Waals surface area contributed by atoms with Crippen LogP contribution in [0, 0.1) is 0 Å². The van der Waals surface area contributed by atoms with Crippen LogP contribution in [-0.4, -0.2) is 30.0 Å². The Labute approximate surface area is 97.6 Å². The summed E-state index contributed by atoms with van der Waals surface area (Å²) in [5.41, 5.74) is 5.62. The van der Waals surface area contributed by atoms with Crippen LogP contribution in [0.5, 0.6) is 0 Å². The molecule has 0 bridgehead atoms. The lowest BCUT2D eigenvalue weighted by molar-refractivity contribution is -0.121. The van der Waals surface area contributed by atoms with Crippen LogP contribution in [0.4, 0.5) is 0 Å². The second-order valence-electron chi connectivity index (χ2n) is 4.00. The molecule has 4 heteroatoms. The Kier molecular flexibility index (Phi) is 8.91. The molecule has 0 aliphatic rings. The van der Waals surface area contributed by atoms with E-state index in [1.807, 2.05) is 6.92 Å². The highest BCUT2D eigenvalue weighted by atomic mass is 32.2. The summed E-state index contributed by atoms with van der Waals surface area (Å²) in [6, 6.07) is 0.522. The first-order valence-electron chi connectivity index (χ1n) is 5.64. The van der Waals surface area contributed by atoms with Crippen LogP contribution in [0.2, 0.25) is 0 Å². The fourth-order valence-electron chi connectivity index (χ4n) is 1.35. The van der Waals surface area contributed by atoms with Gasteiger partial charge >= 0.3 is 0 Å². The van der Waals surface area contributed by atoms with Crippen molar-refractivity contribution in [2.24, 2.45) is 5.73 Å². The summed E-state index contributed by atoms with van der Waals surface area (Å²) in [4.78, 5) is 11.5. The van der Waals surface area contributed by atoms with Gasteiger partial charge in [-0.05, 0) is 32.4 Å². The summed E-state index contributed by atoms with van der Waals surface area (Å²) in [5, 5.41) is 3.04. The minimum Gasteiger partial charge on any atom is -0.353 e. The summed E-state index contributed by atoms with van der Waals surface area (Å²) in [6.45, 7) is 4.07. The maximum absolute atomic E-state index is 11.5. The number of amides is 1.